The fraction of sp³-hybridized carbons (Fsp3) is 0.207. The third-order valence-electron chi connectivity index (χ3n) is 15.4. The van der Waals surface area contributed by atoms with Gasteiger partial charge >= 0.3 is 0 Å². The largest absolute Gasteiger partial charge is 0.458 e. The normalized spacial score (nSPS) is 15.1. The van der Waals surface area contributed by atoms with Crippen molar-refractivity contribution in [2.24, 2.45) is 0 Å². The highest BCUT2D eigenvalue weighted by Crippen LogP contribution is 2.47. The first-order valence-electron chi connectivity index (χ1n) is 24.1. The monoisotopic (exact) mass is 933 g/mol. The minimum atomic E-state index is -0.191. The van der Waals surface area contributed by atoms with Gasteiger partial charge in [-0.3, -0.25) is 0 Å². The zero-order chi connectivity index (χ0) is 46.8. The summed E-state index contributed by atoms with van der Waals surface area (Å²) >= 11 is 3.66. The van der Waals surface area contributed by atoms with Crippen LogP contribution in [0.15, 0.2) is 109 Å². The topological polar surface area (TPSA) is 58.2 Å². The Kier molecular flexibility index (Phi) is 7.72. The lowest BCUT2D eigenvalue weighted by molar-refractivity contribution is 0.447. The average molecular weight is 934 g/mol. The Labute approximate surface area is 410 Å². The second-order valence-corrected chi connectivity index (χ2v) is 25.0. The number of fused-ring (bicyclic) bond motifs is 16. The lowest BCUT2D eigenvalue weighted by Gasteiger charge is -2.39. The van der Waals surface area contributed by atoms with E-state index in [1.165, 1.54) is 41.0 Å². The van der Waals surface area contributed by atoms with Crippen LogP contribution in [0.3, 0.4) is 0 Å². The van der Waals surface area contributed by atoms with Gasteiger partial charge < -0.3 is 29.0 Å². The number of hydrogen-bond acceptors (Lipinski definition) is 8. The highest BCUT2D eigenvalue weighted by molar-refractivity contribution is 7.33. The number of nitrogens with one attached hydrogen (secondary N) is 1. The van der Waals surface area contributed by atoms with Crippen molar-refractivity contribution < 1.29 is 23.7 Å². The molecule has 0 atom stereocenters. The molecule has 0 bridgehead atoms. The van der Waals surface area contributed by atoms with Crippen LogP contribution in [0, 0.1) is 0 Å². The van der Waals surface area contributed by atoms with Gasteiger partial charge in [0.2, 0.25) is 0 Å². The van der Waals surface area contributed by atoms with E-state index in [0.717, 1.165) is 113 Å². The van der Waals surface area contributed by atoms with E-state index in [1.807, 2.05) is 22.7 Å². The van der Waals surface area contributed by atoms with Crippen molar-refractivity contribution in [3.05, 3.63) is 126 Å². The molecule has 8 heterocycles. The van der Waals surface area contributed by atoms with E-state index in [4.69, 9.17) is 23.7 Å². The minimum Gasteiger partial charge on any atom is -0.458 e. The van der Waals surface area contributed by atoms with Crippen molar-refractivity contribution in [3.8, 4) is 57.5 Å². The standard InChI is InChI=1S/C58H46B3NO5S2/c1-56(2,3)28-18-38-49-42(19-28)66-52-31-14-10-12-16-47(31)68-54(52)60(49)33-24-34-39(26-37(33)62-38)63-43-20-29(57(4,5)6)21-44-50(43)59(34)35-25-36-41(27-40(35)64-44)65-45-22-30(58(7,8)9)23-46-51(45)61(36)55-53(67-46)32-15-11-13-17-48(32)69-55/h10-27,62H,1-9H3. The van der Waals surface area contributed by atoms with Gasteiger partial charge in [-0.25, -0.2) is 0 Å². The predicted molar refractivity (Wildman–Crippen MR) is 290 cm³/mol. The van der Waals surface area contributed by atoms with E-state index in [9.17, 15) is 0 Å². The number of rotatable bonds is 0. The molecule has 15 rings (SSSR count). The Morgan fingerprint density at radius 1 is 0.377 bits per heavy atom. The summed E-state index contributed by atoms with van der Waals surface area (Å²) in [4.78, 5) is 0. The van der Waals surface area contributed by atoms with Gasteiger partial charge in [-0.05, 0) is 121 Å². The van der Waals surface area contributed by atoms with E-state index >= 15 is 0 Å². The Bertz CT molecular complexity index is 3610. The second kappa shape index (κ2) is 13.2. The first kappa shape index (κ1) is 40.4. The summed E-state index contributed by atoms with van der Waals surface area (Å²) in [6, 6.07) is 40.1. The van der Waals surface area contributed by atoms with Gasteiger partial charge in [0.1, 0.15) is 57.5 Å². The van der Waals surface area contributed by atoms with Crippen molar-refractivity contribution in [2.75, 3.05) is 5.32 Å². The molecular formula is C58H46B3NO5S2. The van der Waals surface area contributed by atoms with Crippen LogP contribution in [0.1, 0.15) is 79.0 Å². The summed E-state index contributed by atoms with van der Waals surface area (Å²) in [5, 5.41) is 6.24. The maximum Gasteiger partial charge on any atom is 0.273 e. The Morgan fingerprint density at radius 2 is 0.783 bits per heavy atom. The molecule has 6 aliphatic rings. The Morgan fingerprint density at radius 3 is 1.30 bits per heavy atom. The first-order chi connectivity index (χ1) is 33.0. The fourth-order valence-corrected chi connectivity index (χ4v) is 14.3. The highest BCUT2D eigenvalue weighted by Gasteiger charge is 2.49. The van der Waals surface area contributed by atoms with E-state index < -0.39 is 0 Å². The van der Waals surface area contributed by atoms with Crippen LogP contribution in [0.2, 0.25) is 0 Å². The molecular weight excluding hydrogens is 887 g/mol. The van der Waals surface area contributed by atoms with Crippen LogP contribution in [0.5, 0.6) is 57.5 Å². The van der Waals surface area contributed by atoms with E-state index in [2.05, 4.69) is 177 Å². The van der Waals surface area contributed by atoms with Crippen LogP contribution in [0.4, 0.5) is 11.4 Å². The molecule has 0 spiro atoms. The zero-order valence-electron chi connectivity index (χ0n) is 40.0. The molecule has 334 valence electrons. The lowest BCUT2D eigenvalue weighted by Crippen LogP contribution is -2.63. The summed E-state index contributed by atoms with van der Waals surface area (Å²) in [6.45, 7) is 19.9. The summed E-state index contributed by atoms with van der Waals surface area (Å²) in [5.41, 5.74) is 13.2. The SMILES string of the molecule is CC(C)(C)c1cc2c3c(c1)Oc1c(sc4ccccc14)B3c1cc3c(cc1N2)Oc1cc(C(C)(C)C)cc2c1B3c1cc3c(cc1O2)Oc1cc(C(C)(C)C)cc2c1B3c1sc3ccccc3c1O2. The summed E-state index contributed by atoms with van der Waals surface area (Å²) in [6.07, 6.45) is 0. The molecule has 0 saturated carbocycles. The molecule has 11 heteroatoms. The molecule has 0 radical (unpaired) electrons. The molecule has 1 N–H and O–H groups in total. The number of thiophene rings is 2. The highest BCUT2D eigenvalue weighted by atomic mass is 32.1. The molecule has 2 aromatic heterocycles. The first-order valence-corrected chi connectivity index (χ1v) is 25.8. The molecule has 7 aromatic carbocycles. The van der Waals surface area contributed by atoms with Crippen LogP contribution in [-0.2, 0) is 16.2 Å². The van der Waals surface area contributed by atoms with E-state index in [0.29, 0.717) is 0 Å². The molecule has 0 fully saturated rings. The van der Waals surface area contributed by atoms with Crippen LogP contribution in [-0.4, -0.2) is 20.1 Å². The predicted octanol–water partition coefficient (Wildman–Crippen LogP) is 10.1. The smallest absolute Gasteiger partial charge is 0.273 e. The fourth-order valence-electron chi connectivity index (χ4n) is 11.7. The zero-order valence-corrected chi connectivity index (χ0v) is 41.6. The molecule has 0 saturated heterocycles. The quantitative estimate of drug-likeness (QED) is 0.153. The van der Waals surface area contributed by atoms with Crippen molar-refractivity contribution in [1.82, 2.24) is 0 Å². The maximum atomic E-state index is 7.19. The Balaban J connectivity index is 0.974. The third-order valence-corrected chi connectivity index (χ3v) is 17.8. The number of ether oxygens (including phenoxy) is 5. The number of anilines is 2. The van der Waals surface area contributed by atoms with Gasteiger partial charge in [0, 0.05) is 64.2 Å². The van der Waals surface area contributed by atoms with Gasteiger partial charge in [-0.1, -0.05) is 98.7 Å². The number of benzene rings is 7. The molecule has 9 aromatic rings. The van der Waals surface area contributed by atoms with Crippen molar-refractivity contribution in [3.63, 3.8) is 0 Å². The summed E-state index contributed by atoms with van der Waals surface area (Å²) < 4.78 is 40.3. The van der Waals surface area contributed by atoms with Crippen molar-refractivity contribution in [2.45, 2.75) is 78.6 Å². The van der Waals surface area contributed by atoms with Gasteiger partial charge in [0.25, 0.3) is 20.1 Å². The van der Waals surface area contributed by atoms with Gasteiger partial charge in [-0.15, -0.1) is 22.7 Å². The molecule has 0 amide bonds. The molecule has 69 heavy (non-hydrogen) atoms. The van der Waals surface area contributed by atoms with Gasteiger partial charge in [0.05, 0.1) is 0 Å². The average Bonchev–Trinajstić information content (AvgIpc) is 3.87. The third kappa shape index (κ3) is 5.57. The lowest BCUT2D eigenvalue weighted by atomic mass is 9.31. The summed E-state index contributed by atoms with van der Waals surface area (Å²) in [7, 11) is 0. The summed E-state index contributed by atoms with van der Waals surface area (Å²) in [5.74, 6) is 8.63. The molecule has 0 aliphatic carbocycles. The maximum absolute atomic E-state index is 7.19. The molecule has 6 nitrogen and oxygen atoms in total. The number of hydrogen-bond donors (Lipinski definition) is 1. The van der Waals surface area contributed by atoms with Crippen LogP contribution in [0.25, 0.3) is 20.2 Å². The minimum absolute atomic E-state index is 0.0476. The van der Waals surface area contributed by atoms with E-state index in [1.54, 1.807) is 0 Å². The Hall–Kier alpha value is -6.55. The van der Waals surface area contributed by atoms with Gasteiger partial charge in [0.15, 0.2) is 0 Å². The molecule has 0 unspecified atom stereocenters. The molecule has 6 aliphatic heterocycles. The van der Waals surface area contributed by atoms with E-state index in [-0.39, 0.29) is 36.4 Å². The second-order valence-electron chi connectivity index (χ2n) is 22.9. The van der Waals surface area contributed by atoms with Crippen LogP contribution >= 0.6 is 22.7 Å². The van der Waals surface area contributed by atoms with Crippen molar-refractivity contribution in [1.29, 1.82) is 0 Å². The van der Waals surface area contributed by atoms with Crippen LogP contribution < -0.4 is 76.8 Å². The van der Waals surface area contributed by atoms with Gasteiger partial charge in [-0.2, -0.15) is 0 Å². The van der Waals surface area contributed by atoms with Crippen molar-refractivity contribution >= 4 is 122 Å².